The average molecular weight is 193 g/mol. The van der Waals surface area contributed by atoms with Crippen LogP contribution in [-0.2, 0) is 9.59 Å². The van der Waals surface area contributed by atoms with Crippen LogP contribution in [0.3, 0.4) is 0 Å². The molecule has 0 aliphatic rings. The fourth-order valence-corrected chi connectivity index (χ4v) is 0.866. The molecule has 0 aromatic heterocycles. The van der Waals surface area contributed by atoms with E-state index in [0.717, 1.165) is 4.42 Å². The number of hydrogen-bond donors (Lipinski definition) is 0. The van der Waals surface area contributed by atoms with Gasteiger partial charge >= 0.3 is 0 Å². The van der Waals surface area contributed by atoms with E-state index >= 15 is 0 Å². The van der Waals surface area contributed by atoms with Gasteiger partial charge in [0.05, 0.1) is 0 Å². The van der Waals surface area contributed by atoms with Crippen LogP contribution in [0.15, 0.2) is 0 Å². The molecule has 0 aromatic rings. The zero-order valence-electron chi connectivity index (χ0n) is 7.67. The summed E-state index contributed by atoms with van der Waals surface area (Å²) < 4.78 is 0.944. The third-order valence-electron chi connectivity index (χ3n) is 1.84. The Kier molecular flexibility index (Phi) is 3.52. The molecule has 70 valence electrons. The summed E-state index contributed by atoms with van der Waals surface area (Å²) in [4.78, 5) is 23.0. The Morgan fingerprint density at radius 1 is 1.42 bits per heavy atom. The van der Waals surface area contributed by atoms with Crippen LogP contribution in [0.1, 0.15) is 13.8 Å². The molecule has 0 fully saturated rings. The largest absolute Gasteiger partial charge is 0.334 e. The van der Waals surface area contributed by atoms with Gasteiger partial charge in [-0.3, -0.25) is 14.0 Å². The first-order valence-electron chi connectivity index (χ1n) is 3.46. The summed E-state index contributed by atoms with van der Waals surface area (Å²) in [5, 5.41) is 0. The normalized spacial score (nSPS) is 10.8. The molecule has 12 heavy (non-hydrogen) atoms. The molecule has 0 radical (unpaired) electrons. The van der Waals surface area contributed by atoms with E-state index in [4.69, 9.17) is 11.8 Å². The summed E-state index contributed by atoms with van der Waals surface area (Å²) in [6.07, 6.45) is 0.596. The minimum atomic E-state index is -0.891. The van der Waals surface area contributed by atoms with Crippen LogP contribution >= 0.6 is 11.8 Å². The molecule has 2 amide bonds. The Bertz CT molecular complexity index is 192. The highest BCUT2D eigenvalue weighted by Gasteiger charge is 2.33. The smallest absolute Gasteiger partial charge is 0.262 e. The van der Waals surface area contributed by atoms with Crippen LogP contribution < -0.4 is 0 Å². The lowest BCUT2D eigenvalue weighted by atomic mass is 10.0. The van der Waals surface area contributed by atoms with Gasteiger partial charge in [0.25, 0.3) is 5.91 Å². The summed E-state index contributed by atoms with van der Waals surface area (Å²) in [5.41, 5.74) is -0.891. The predicted molar refractivity (Wildman–Crippen MR) is 46.5 cm³/mol. The molecular weight excluding hydrogens is 180 g/mol. The first-order valence-corrected chi connectivity index (χ1v) is 3.80. The Morgan fingerprint density at radius 3 is 2.08 bits per heavy atom. The van der Waals surface area contributed by atoms with Gasteiger partial charge in [-0.25, -0.2) is 0 Å². The summed E-state index contributed by atoms with van der Waals surface area (Å²) in [6.45, 7) is 3.26. The number of amides is 2. The van der Waals surface area contributed by atoms with Crippen LogP contribution in [0, 0.1) is 0 Å². The van der Waals surface area contributed by atoms with Gasteiger partial charge in [-0.05, 0) is 13.8 Å². The second-order valence-electron chi connectivity index (χ2n) is 3.06. The monoisotopic (exact) mass is 192 g/mol. The Morgan fingerprint density at radius 2 is 1.83 bits per heavy atom. The Labute approximate surface area is 77.2 Å². The fourth-order valence-electron chi connectivity index (χ4n) is 0.660. The third-order valence-corrected chi connectivity index (χ3v) is 2.00. The molecule has 0 saturated carbocycles. The van der Waals surface area contributed by atoms with Crippen molar-refractivity contribution >= 4 is 24.1 Å². The number of nitrogens with zero attached hydrogens (tertiary/aromatic N) is 2. The maximum Gasteiger partial charge on any atom is 0.262 e. The highest BCUT2D eigenvalue weighted by molar-refractivity contribution is 6.22. The van der Waals surface area contributed by atoms with Crippen molar-refractivity contribution in [2.24, 2.45) is 0 Å². The number of likely N-dealkylation sites (N-methyl/N-ethyl adjacent to an activating group) is 2. The van der Waals surface area contributed by atoms with Crippen molar-refractivity contribution in [2.45, 2.75) is 19.4 Å². The van der Waals surface area contributed by atoms with Crippen LogP contribution in [-0.4, -0.2) is 41.3 Å². The van der Waals surface area contributed by atoms with Gasteiger partial charge in [0.1, 0.15) is 5.54 Å². The molecule has 0 rings (SSSR count). The molecule has 0 aliphatic carbocycles. The van der Waals surface area contributed by atoms with Gasteiger partial charge in [0, 0.05) is 25.9 Å². The zero-order chi connectivity index (χ0) is 9.94. The molecular formula is C7H13ClN2O2. The molecule has 0 saturated heterocycles. The summed E-state index contributed by atoms with van der Waals surface area (Å²) in [5.74, 6) is -0.321. The summed E-state index contributed by atoms with van der Waals surface area (Å²) >= 11 is 5.45. The van der Waals surface area contributed by atoms with E-state index in [2.05, 4.69) is 0 Å². The number of halogens is 1. The van der Waals surface area contributed by atoms with Crippen molar-refractivity contribution in [3.05, 3.63) is 0 Å². The maximum absolute atomic E-state index is 11.4. The van der Waals surface area contributed by atoms with Crippen LogP contribution in [0.4, 0.5) is 0 Å². The van der Waals surface area contributed by atoms with Crippen LogP contribution in [0.25, 0.3) is 0 Å². The molecule has 0 spiro atoms. The molecule has 0 heterocycles. The van der Waals surface area contributed by atoms with E-state index in [9.17, 15) is 9.59 Å². The number of carbonyl (C=O) groups is 2. The summed E-state index contributed by atoms with van der Waals surface area (Å²) in [6, 6.07) is 0. The molecule has 0 aromatic carbocycles. The van der Waals surface area contributed by atoms with E-state index in [0.29, 0.717) is 6.41 Å². The van der Waals surface area contributed by atoms with Gasteiger partial charge in [-0.1, -0.05) is 0 Å². The highest BCUT2D eigenvalue weighted by atomic mass is 35.5. The molecule has 0 unspecified atom stereocenters. The topological polar surface area (TPSA) is 40.6 Å². The van der Waals surface area contributed by atoms with Crippen molar-refractivity contribution in [3.63, 3.8) is 0 Å². The highest BCUT2D eigenvalue weighted by Crippen LogP contribution is 2.14. The predicted octanol–water partition coefficient (Wildman–Crippen LogP) is 0.465. The Hall–Kier alpha value is -0.770. The lowest BCUT2D eigenvalue weighted by molar-refractivity contribution is -0.140. The fraction of sp³-hybridized carbons (Fsp3) is 0.714. The molecule has 0 atom stereocenters. The van der Waals surface area contributed by atoms with Gasteiger partial charge in [0.15, 0.2) is 0 Å². The van der Waals surface area contributed by atoms with Gasteiger partial charge in [-0.2, -0.15) is 0 Å². The van der Waals surface area contributed by atoms with E-state index < -0.39 is 5.54 Å². The number of rotatable bonds is 3. The standard InChI is InChI=1S/C7H13ClN2O2/c1-7(2,9(3)5-11)6(12)10(4)8/h5H,1-4H3. The lowest BCUT2D eigenvalue weighted by Gasteiger charge is -2.32. The number of hydrogen-bond acceptors (Lipinski definition) is 2. The van der Waals surface area contributed by atoms with Crippen molar-refractivity contribution in [1.82, 2.24) is 9.32 Å². The van der Waals surface area contributed by atoms with Gasteiger partial charge < -0.3 is 4.90 Å². The van der Waals surface area contributed by atoms with E-state index in [1.165, 1.54) is 19.0 Å². The molecule has 0 aliphatic heterocycles. The minimum Gasteiger partial charge on any atom is -0.334 e. The quantitative estimate of drug-likeness (QED) is 0.482. The van der Waals surface area contributed by atoms with Crippen molar-refractivity contribution < 1.29 is 9.59 Å². The van der Waals surface area contributed by atoms with Gasteiger partial charge in [0.2, 0.25) is 6.41 Å². The minimum absolute atomic E-state index is 0.321. The third kappa shape index (κ3) is 2.11. The zero-order valence-corrected chi connectivity index (χ0v) is 8.42. The number of carbonyl (C=O) groups excluding carboxylic acids is 2. The van der Waals surface area contributed by atoms with E-state index in [1.54, 1.807) is 13.8 Å². The van der Waals surface area contributed by atoms with Crippen LogP contribution in [0.2, 0.25) is 0 Å². The van der Waals surface area contributed by atoms with Crippen molar-refractivity contribution in [3.8, 4) is 0 Å². The SMILES string of the molecule is CN(Cl)C(=O)C(C)(C)N(C)C=O. The second kappa shape index (κ2) is 3.76. The first-order chi connectivity index (χ1) is 5.34. The second-order valence-corrected chi connectivity index (χ2v) is 3.56. The average Bonchev–Trinajstić information content (AvgIpc) is 2.01. The molecule has 5 heteroatoms. The Balaban J connectivity index is 4.60. The van der Waals surface area contributed by atoms with Crippen molar-refractivity contribution in [2.75, 3.05) is 14.1 Å². The van der Waals surface area contributed by atoms with E-state index in [1.807, 2.05) is 0 Å². The maximum atomic E-state index is 11.4. The molecule has 0 bridgehead atoms. The first kappa shape index (κ1) is 11.2. The van der Waals surface area contributed by atoms with E-state index in [-0.39, 0.29) is 5.91 Å². The van der Waals surface area contributed by atoms with Crippen molar-refractivity contribution in [1.29, 1.82) is 0 Å². The summed E-state index contributed by atoms with van der Waals surface area (Å²) in [7, 11) is 2.97. The molecule has 4 nitrogen and oxygen atoms in total. The van der Waals surface area contributed by atoms with Gasteiger partial charge in [-0.15, -0.1) is 0 Å². The van der Waals surface area contributed by atoms with Crippen LogP contribution in [0.5, 0.6) is 0 Å². The lowest BCUT2D eigenvalue weighted by Crippen LogP contribution is -2.51. The molecule has 0 N–H and O–H groups in total.